The molecule has 0 unspecified atom stereocenters. The Morgan fingerprint density at radius 1 is 1.00 bits per heavy atom. The summed E-state index contributed by atoms with van der Waals surface area (Å²) in [5.74, 6) is 0.208. The number of carbonyl (C=O) groups is 1. The van der Waals surface area contributed by atoms with E-state index in [1.165, 1.54) is 24.3 Å². The number of ether oxygens (including phenoxy) is 1. The van der Waals surface area contributed by atoms with Gasteiger partial charge in [-0.05, 0) is 50.6 Å². The first-order valence-electron chi connectivity index (χ1n) is 8.38. The van der Waals surface area contributed by atoms with Crippen molar-refractivity contribution in [1.29, 1.82) is 0 Å². The second kappa shape index (κ2) is 8.82. The van der Waals surface area contributed by atoms with E-state index in [2.05, 4.69) is 10.0 Å². The highest BCUT2D eigenvalue weighted by Crippen LogP contribution is 2.17. The van der Waals surface area contributed by atoms with E-state index in [0.29, 0.717) is 5.75 Å². The molecule has 0 saturated heterocycles. The Kier molecular flexibility index (Phi) is 6.76. The zero-order valence-electron chi connectivity index (χ0n) is 15.1. The minimum atomic E-state index is -3.62. The molecule has 0 spiro atoms. The quantitative estimate of drug-likeness (QED) is 0.741. The van der Waals surface area contributed by atoms with Crippen LogP contribution in [0.15, 0.2) is 59.5 Å². The van der Waals surface area contributed by atoms with Crippen molar-refractivity contribution in [2.24, 2.45) is 0 Å². The average molecular weight is 376 g/mol. The van der Waals surface area contributed by atoms with Crippen LogP contribution in [0.5, 0.6) is 5.75 Å². The largest absolute Gasteiger partial charge is 0.481 e. The molecule has 2 aromatic rings. The van der Waals surface area contributed by atoms with E-state index in [1.54, 1.807) is 6.92 Å². The first kappa shape index (κ1) is 19.9. The molecule has 1 atom stereocenters. The number of nitrogens with one attached hydrogen (secondary N) is 2. The zero-order valence-corrected chi connectivity index (χ0v) is 15.9. The molecule has 0 aliphatic carbocycles. The SMILES string of the molecule is CC(C)NC(=O)[C@H](C)Oc1ccc(S(=O)(=O)NCc2ccccc2)cc1. The van der Waals surface area contributed by atoms with E-state index in [-0.39, 0.29) is 23.4 Å². The summed E-state index contributed by atoms with van der Waals surface area (Å²) in [5.41, 5.74) is 0.876. The van der Waals surface area contributed by atoms with Gasteiger partial charge in [-0.2, -0.15) is 0 Å². The Balaban J connectivity index is 1.98. The Labute approximate surface area is 154 Å². The van der Waals surface area contributed by atoms with Crippen LogP contribution < -0.4 is 14.8 Å². The molecule has 0 saturated carbocycles. The first-order valence-corrected chi connectivity index (χ1v) is 9.87. The predicted molar refractivity (Wildman–Crippen MR) is 100 cm³/mol. The summed E-state index contributed by atoms with van der Waals surface area (Å²) in [6.45, 7) is 5.59. The highest BCUT2D eigenvalue weighted by atomic mass is 32.2. The van der Waals surface area contributed by atoms with Gasteiger partial charge in [0.1, 0.15) is 5.75 Å². The van der Waals surface area contributed by atoms with Gasteiger partial charge in [-0.15, -0.1) is 0 Å². The lowest BCUT2D eigenvalue weighted by Gasteiger charge is -2.16. The molecule has 140 valence electrons. The zero-order chi connectivity index (χ0) is 19.2. The van der Waals surface area contributed by atoms with Gasteiger partial charge < -0.3 is 10.1 Å². The van der Waals surface area contributed by atoms with Crippen molar-refractivity contribution >= 4 is 15.9 Å². The fourth-order valence-electron chi connectivity index (χ4n) is 2.21. The molecule has 0 radical (unpaired) electrons. The molecule has 26 heavy (non-hydrogen) atoms. The second-order valence-electron chi connectivity index (χ2n) is 6.20. The third-order valence-corrected chi connectivity index (χ3v) is 4.97. The van der Waals surface area contributed by atoms with Crippen LogP contribution in [0.2, 0.25) is 0 Å². The summed E-state index contributed by atoms with van der Waals surface area (Å²) in [6.07, 6.45) is -0.670. The second-order valence-corrected chi connectivity index (χ2v) is 7.97. The number of hydrogen-bond acceptors (Lipinski definition) is 4. The fourth-order valence-corrected chi connectivity index (χ4v) is 3.23. The summed E-state index contributed by atoms with van der Waals surface area (Å²) in [6, 6.07) is 15.3. The fraction of sp³-hybridized carbons (Fsp3) is 0.316. The van der Waals surface area contributed by atoms with E-state index in [4.69, 9.17) is 4.74 Å². The summed E-state index contributed by atoms with van der Waals surface area (Å²) in [7, 11) is -3.62. The standard InChI is InChI=1S/C19H24N2O4S/c1-14(2)21-19(22)15(3)25-17-9-11-18(12-10-17)26(23,24)20-13-16-7-5-4-6-8-16/h4-12,14-15,20H,13H2,1-3H3,(H,21,22)/t15-/m0/s1. The Bertz CT molecular complexity index is 818. The molecule has 2 aromatic carbocycles. The summed E-state index contributed by atoms with van der Waals surface area (Å²) < 4.78 is 32.8. The normalized spacial score (nSPS) is 12.6. The van der Waals surface area contributed by atoms with Crippen molar-refractivity contribution in [2.75, 3.05) is 0 Å². The maximum absolute atomic E-state index is 12.4. The van der Waals surface area contributed by atoms with E-state index in [1.807, 2.05) is 44.2 Å². The molecule has 2 N–H and O–H groups in total. The van der Waals surface area contributed by atoms with Crippen molar-refractivity contribution in [2.45, 2.75) is 44.4 Å². The molecule has 7 heteroatoms. The van der Waals surface area contributed by atoms with Crippen LogP contribution in [0.3, 0.4) is 0 Å². The van der Waals surface area contributed by atoms with Crippen molar-refractivity contribution in [3.63, 3.8) is 0 Å². The van der Waals surface area contributed by atoms with Crippen LogP contribution in [0, 0.1) is 0 Å². The molecule has 0 aliphatic rings. The number of sulfonamides is 1. The lowest BCUT2D eigenvalue weighted by Crippen LogP contribution is -2.40. The lowest BCUT2D eigenvalue weighted by molar-refractivity contribution is -0.127. The molecule has 0 bridgehead atoms. The Hall–Kier alpha value is -2.38. The molecule has 0 aliphatic heterocycles. The number of rotatable bonds is 8. The molecule has 0 heterocycles. The first-order chi connectivity index (χ1) is 12.3. The van der Waals surface area contributed by atoms with Gasteiger partial charge in [-0.1, -0.05) is 30.3 Å². The van der Waals surface area contributed by atoms with Crippen LogP contribution in [-0.4, -0.2) is 26.5 Å². The van der Waals surface area contributed by atoms with Gasteiger partial charge >= 0.3 is 0 Å². The maximum atomic E-state index is 12.4. The van der Waals surface area contributed by atoms with Crippen LogP contribution in [0.25, 0.3) is 0 Å². The summed E-state index contributed by atoms with van der Waals surface area (Å²) in [4.78, 5) is 12.0. The maximum Gasteiger partial charge on any atom is 0.260 e. The van der Waals surface area contributed by atoms with Crippen molar-refractivity contribution < 1.29 is 17.9 Å². The van der Waals surface area contributed by atoms with E-state index in [9.17, 15) is 13.2 Å². The Morgan fingerprint density at radius 2 is 1.62 bits per heavy atom. The van der Waals surface area contributed by atoms with E-state index >= 15 is 0 Å². The average Bonchev–Trinajstić information content (AvgIpc) is 2.61. The van der Waals surface area contributed by atoms with Crippen LogP contribution in [0.4, 0.5) is 0 Å². The van der Waals surface area contributed by atoms with Crippen molar-refractivity contribution in [1.82, 2.24) is 10.0 Å². The number of hydrogen-bond donors (Lipinski definition) is 2. The minimum absolute atomic E-state index is 0.0248. The van der Waals surface area contributed by atoms with Gasteiger partial charge in [-0.25, -0.2) is 13.1 Å². The van der Waals surface area contributed by atoms with E-state index in [0.717, 1.165) is 5.56 Å². The molecule has 6 nitrogen and oxygen atoms in total. The number of amides is 1. The monoisotopic (exact) mass is 376 g/mol. The molecule has 2 rings (SSSR count). The molecular formula is C19H24N2O4S. The topological polar surface area (TPSA) is 84.5 Å². The smallest absolute Gasteiger partial charge is 0.260 e. The predicted octanol–water partition coefficient (Wildman–Crippen LogP) is 2.46. The molecular weight excluding hydrogens is 352 g/mol. The van der Waals surface area contributed by atoms with Gasteiger partial charge in [0, 0.05) is 12.6 Å². The Morgan fingerprint density at radius 3 is 2.19 bits per heavy atom. The summed E-state index contributed by atoms with van der Waals surface area (Å²) >= 11 is 0. The van der Waals surface area contributed by atoms with Crippen molar-refractivity contribution in [3.8, 4) is 5.75 Å². The minimum Gasteiger partial charge on any atom is -0.481 e. The number of benzene rings is 2. The van der Waals surface area contributed by atoms with E-state index < -0.39 is 16.1 Å². The molecule has 1 amide bonds. The van der Waals surface area contributed by atoms with Gasteiger partial charge in [-0.3, -0.25) is 4.79 Å². The molecule has 0 aromatic heterocycles. The highest BCUT2D eigenvalue weighted by Gasteiger charge is 2.17. The van der Waals surface area contributed by atoms with Gasteiger partial charge in [0.15, 0.2) is 6.10 Å². The van der Waals surface area contributed by atoms with Gasteiger partial charge in [0.05, 0.1) is 4.90 Å². The highest BCUT2D eigenvalue weighted by molar-refractivity contribution is 7.89. The third-order valence-electron chi connectivity index (χ3n) is 3.56. The lowest BCUT2D eigenvalue weighted by atomic mass is 10.2. The van der Waals surface area contributed by atoms with Gasteiger partial charge in [0.25, 0.3) is 5.91 Å². The van der Waals surface area contributed by atoms with Crippen LogP contribution in [0.1, 0.15) is 26.3 Å². The molecule has 0 fully saturated rings. The summed E-state index contributed by atoms with van der Waals surface area (Å²) in [5, 5.41) is 2.76. The van der Waals surface area contributed by atoms with Crippen LogP contribution in [-0.2, 0) is 21.4 Å². The van der Waals surface area contributed by atoms with Gasteiger partial charge in [0.2, 0.25) is 10.0 Å². The third kappa shape index (κ3) is 5.86. The van der Waals surface area contributed by atoms with Crippen LogP contribution >= 0.6 is 0 Å². The van der Waals surface area contributed by atoms with Crippen molar-refractivity contribution in [3.05, 3.63) is 60.2 Å². The number of carbonyl (C=O) groups excluding carboxylic acids is 1.